The van der Waals surface area contributed by atoms with Gasteiger partial charge in [0.2, 0.25) is 5.56 Å². The van der Waals surface area contributed by atoms with Gasteiger partial charge in [0, 0.05) is 23.0 Å². The van der Waals surface area contributed by atoms with E-state index in [4.69, 9.17) is 4.74 Å². The molecule has 2 rings (SSSR count). The summed E-state index contributed by atoms with van der Waals surface area (Å²) in [6.07, 6.45) is 0. The lowest BCUT2D eigenvalue weighted by atomic mass is 10.0. The highest BCUT2D eigenvalue weighted by atomic mass is 16.5. The lowest BCUT2D eigenvalue weighted by Gasteiger charge is -2.07. The molecule has 1 aromatic heterocycles. The highest BCUT2D eigenvalue weighted by Gasteiger charge is 2.22. The van der Waals surface area contributed by atoms with Gasteiger partial charge >= 0.3 is 5.97 Å². The standard InChI is InChI=1S/C11H12N2O3/c1-3-16-11(15)7-4-9(14)13-8-5-12-6(2)10(7)8/h4H,3,5H2,1-2H3,(H,13,14). The molecule has 84 valence electrons. The molecule has 0 atom stereocenters. The molecule has 2 heterocycles. The summed E-state index contributed by atoms with van der Waals surface area (Å²) in [5, 5.41) is 0. The van der Waals surface area contributed by atoms with Crippen LogP contribution in [0.1, 0.15) is 35.5 Å². The van der Waals surface area contributed by atoms with Gasteiger partial charge in [-0.2, -0.15) is 0 Å². The summed E-state index contributed by atoms with van der Waals surface area (Å²) < 4.78 is 4.91. The average molecular weight is 220 g/mol. The Morgan fingerprint density at radius 3 is 3.06 bits per heavy atom. The molecule has 0 fully saturated rings. The fourth-order valence-electron chi connectivity index (χ4n) is 1.79. The number of aromatic nitrogens is 1. The molecule has 0 saturated carbocycles. The van der Waals surface area contributed by atoms with Crippen LogP contribution in [0.2, 0.25) is 0 Å². The number of nitrogens with zero attached hydrogens (tertiary/aromatic N) is 1. The summed E-state index contributed by atoms with van der Waals surface area (Å²) >= 11 is 0. The lowest BCUT2D eigenvalue weighted by molar-refractivity contribution is 0.0525. The number of carbonyl (C=O) groups is 1. The smallest absolute Gasteiger partial charge is 0.339 e. The molecule has 1 N–H and O–H groups in total. The van der Waals surface area contributed by atoms with Gasteiger partial charge in [0.25, 0.3) is 0 Å². The Balaban J connectivity index is 2.57. The number of rotatable bonds is 2. The normalized spacial score (nSPS) is 13.2. The number of carbonyl (C=O) groups excluding carboxylic acids is 1. The van der Waals surface area contributed by atoms with Crippen molar-refractivity contribution in [1.29, 1.82) is 0 Å². The van der Waals surface area contributed by atoms with E-state index in [0.717, 1.165) is 5.71 Å². The first-order chi connectivity index (χ1) is 7.63. The molecule has 1 aliphatic rings. The quantitative estimate of drug-likeness (QED) is 0.752. The van der Waals surface area contributed by atoms with E-state index >= 15 is 0 Å². The Hall–Kier alpha value is -1.91. The third-order valence-electron chi connectivity index (χ3n) is 2.45. The van der Waals surface area contributed by atoms with Gasteiger partial charge in [-0.1, -0.05) is 0 Å². The lowest BCUT2D eigenvalue weighted by Crippen LogP contribution is -2.18. The zero-order valence-electron chi connectivity index (χ0n) is 9.16. The van der Waals surface area contributed by atoms with Crippen LogP contribution in [0.15, 0.2) is 15.9 Å². The Morgan fingerprint density at radius 1 is 1.62 bits per heavy atom. The Bertz CT molecular complexity index is 529. The summed E-state index contributed by atoms with van der Waals surface area (Å²) in [5.41, 5.74) is 2.16. The summed E-state index contributed by atoms with van der Waals surface area (Å²) in [5.74, 6) is -0.471. The number of hydrogen-bond acceptors (Lipinski definition) is 4. The van der Waals surface area contributed by atoms with Crippen molar-refractivity contribution in [3.05, 3.63) is 33.2 Å². The molecule has 0 spiro atoms. The fraction of sp³-hybridized carbons (Fsp3) is 0.364. The molecule has 0 bridgehead atoms. The van der Waals surface area contributed by atoms with Gasteiger partial charge in [0.15, 0.2) is 0 Å². The minimum Gasteiger partial charge on any atom is -0.462 e. The number of nitrogens with one attached hydrogen (secondary N) is 1. The molecule has 5 nitrogen and oxygen atoms in total. The predicted molar refractivity (Wildman–Crippen MR) is 58.9 cm³/mol. The van der Waals surface area contributed by atoms with Crippen LogP contribution in [0.5, 0.6) is 0 Å². The van der Waals surface area contributed by atoms with Gasteiger partial charge in [0.05, 0.1) is 18.7 Å². The average Bonchev–Trinajstić information content (AvgIpc) is 2.59. The van der Waals surface area contributed by atoms with Crippen molar-refractivity contribution >= 4 is 11.7 Å². The third kappa shape index (κ3) is 1.64. The minimum absolute atomic E-state index is 0.288. The van der Waals surface area contributed by atoms with Crippen molar-refractivity contribution in [2.75, 3.05) is 6.61 Å². The van der Waals surface area contributed by atoms with Gasteiger partial charge in [0.1, 0.15) is 0 Å². The first-order valence-electron chi connectivity index (χ1n) is 5.08. The topological polar surface area (TPSA) is 71.5 Å². The van der Waals surface area contributed by atoms with E-state index in [1.807, 2.05) is 6.92 Å². The van der Waals surface area contributed by atoms with Gasteiger partial charge in [-0.15, -0.1) is 0 Å². The van der Waals surface area contributed by atoms with Gasteiger partial charge < -0.3 is 9.72 Å². The second kappa shape index (κ2) is 3.92. The van der Waals surface area contributed by atoms with Gasteiger partial charge in [-0.3, -0.25) is 9.79 Å². The summed E-state index contributed by atoms with van der Waals surface area (Å²) in [6.45, 7) is 4.25. The van der Waals surface area contributed by atoms with Gasteiger partial charge in [-0.25, -0.2) is 4.79 Å². The van der Waals surface area contributed by atoms with Crippen molar-refractivity contribution in [3.8, 4) is 0 Å². The summed E-state index contributed by atoms with van der Waals surface area (Å²) in [6, 6.07) is 1.27. The maximum atomic E-state index is 11.7. The van der Waals surface area contributed by atoms with Crippen molar-refractivity contribution in [2.24, 2.45) is 4.99 Å². The molecular formula is C11H12N2O3. The fourth-order valence-corrected chi connectivity index (χ4v) is 1.79. The molecule has 16 heavy (non-hydrogen) atoms. The number of ether oxygens (including phenoxy) is 1. The highest BCUT2D eigenvalue weighted by molar-refractivity contribution is 6.09. The Morgan fingerprint density at radius 2 is 2.38 bits per heavy atom. The van der Waals surface area contributed by atoms with Crippen LogP contribution in [0.4, 0.5) is 0 Å². The molecule has 1 aromatic rings. The van der Waals surface area contributed by atoms with Crippen LogP contribution in [-0.2, 0) is 11.3 Å². The number of esters is 1. The Kier molecular flexibility index (Phi) is 2.60. The van der Waals surface area contributed by atoms with Crippen LogP contribution in [0.3, 0.4) is 0 Å². The highest BCUT2D eigenvalue weighted by Crippen LogP contribution is 2.19. The van der Waals surface area contributed by atoms with Crippen LogP contribution >= 0.6 is 0 Å². The van der Waals surface area contributed by atoms with Crippen LogP contribution in [0.25, 0.3) is 0 Å². The third-order valence-corrected chi connectivity index (χ3v) is 2.45. The number of fused-ring (bicyclic) bond motifs is 1. The molecule has 0 amide bonds. The van der Waals surface area contributed by atoms with Crippen molar-refractivity contribution in [2.45, 2.75) is 20.4 Å². The SMILES string of the molecule is CCOC(=O)c1cc(=O)[nH]c2c1C(C)=NC2. The first-order valence-corrected chi connectivity index (χ1v) is 5.08. The number of aliphatic imine (C=N–C) groups is 1. The van der Waals surface area contributed by atoms with Crippen molar-refractivity contribution < 1.29 is 9.53 Å². The number of hydrogen-bond donors (Lipinski definition) is 1. The molecule has 0 unspecified atom stereocenters. The van der Waals surface area contributed by atoms with E-state index in [-0.39, 0.29) is 12.2 Å². The largest absolute Gasteiger partial charge is 0.462 e. The number of aromatic amines is 1. The van der Waals surface area contributed by atoms with Gasteiger partial charge in [-0.05, 0) is 13.8 Å². The van der Waals surface area contributed by atoms with E-state index < -0.39 is 5.97 Å². The monoisotopic (exact) mass is 220 g/mol. The zero-order valence-corrected chi connectivity index (χ0v) is 9.16. The van der Waals surface area contributed by atoms with E-state index in [0.29, 0.717) is 23.4 Å². The molecule has 1 aliphatic heterocycles. The van der Waals surface area contributed by atoms with E-state index in [1.54, 1.807) is 6.92 Å². The molecule has 0 aromatic carbocycles. The predicted octanol–water partition coefficient (Wildman–Crippen LogP) is 0.874. The zero-order chi connectivity index (χ0) is 11.7. The number of H-pyrrole nitrogens is 1. The first kappa shape index (κ1) is 10.6. The molecular weight excluding hydrogens is 208 g/mol. The maximum Gasteiger partial charge on any atom is 0.339 e. The molecule has 0 radical (unpaired) electrons. The molecule has 5 heteroatoms. The van der Waals surface area contributed by atoms with Crippen LogP contribution in [-0.4, -0.2) is 23.3 Å². The van der Waals surface area contributed by atoms with E-state index in [1.165, 1.54) is 6.07 Å². The van der Waals surface area contributed by atoms with Crippen LogP contribution < -0.4 is 5.56 Å². The Labute approximate surface area is 92.2 Å². The summed E-state index contributed by atoms with van der Waals surface area (Å²) in [4.78, 5) is 29.9. The number of pyridine rings is 1. The minimum atomic E-state index is -0.471. The summed E-state index contributed by atoms with van der Waals surface area (Å²) in [7, 11) is 0. The van der Waals surface area contributed by atoms with Crippen LogP contribution in [0, 0.1) is 0 Å². The molecule has 0 saturated heterocycles. The maximum absolute atomic E-state index is 11.7. The van der Waals surface area contributed by atoms with E-state index in [2.05, 4.69) is 9.98 Å². The van der Waals surface area contributed by atoms with Crippen molar-refractivity contribution in [1.82, 2.24) is 4.98 Å². The van der Waals surface area contributed by atoms with Crippen molar-refractivity contribution in [3.63, 3.8) is 0 Å². The second-order valence-electron chi connectivity index (χ2n) is 3.52. The van der Waals surface area contributed by atoms with E-state index in [9.17, 15) is 9.59 Å². The molecule has 0 aliphatic carbocycles. The second-order valence-corrected chi connectivity index (χ2v) is 3.52.